The minimum absolute atomic E-state index is 0.0139. The van der Waals surface area contributed by atoms with Crippen LogP contribution in [0, 0.1) is 0 Å². The summed E-state index contributed by atoms with van der Waals surface area (Å²) in [6.45, 7) is 8.05. The maximum atomic E-state index is 11.4. The second-order valence-corrected chi connectivity index (χ2v) is 5.11. The van der Waals surface area contributed by atoms with Gasteiger partial charge in [-0.05, 0) is 39.7 Å². The van der Waals surface area contributed by atoms with E-state index in [1.54, 1.807) is 6.20 Å². The van der Waals surface area contributed by atoms with E-state index in [2.05, 4.69) is 10.2 Å². The number of ether oxygens (including phenoxy) is 2. The molecule has 0 bridgehead atoms. The Morgan fingerprint density at radius 1 is 1.53 bits per heavy atom. The van der Waals surface area contributed by atoms with E-state index in [4.69, 9.17) is 9.47 Å². The van der Waals surface area contributed by atoms with Crippen LogP contribution < -0.4 is 0 Å². The summed E-state index contributed by atoms with van der Waals surface area (Å²) in [5.74, 6) is -0.334. The summed E-state index contributed by atoms with van der Waals surface area (Å²) in [5.41, 5.74) is 0.664. The van der Waals surface area contributed by atoms with Crippen molar-refractivity contribution in [1.29, 1.82) is 0 Å². The molecule has 0 N–H and O–H groups in total. The number of hydrogen-bond acceptors (Lipinski definition) is 5. The molecule has 5 heteroatoms. The minimum Gasteiger partial charge on any atom is -0.458 e. The van der Waals surface area contributed by atoms with Crippen molar-refractivity contribution in [3.63, 3.8) is 0 Å². The molecule has 0 aromatic carbocycles. The second-order valence-electron chi connectivity index (χ2n) is 5.11. The summed E-state index contributed by atoms with van der Waals surface area (Å²) in [5, 5.41) is 7.62. The van der Waals surface area contributed by atoms with Gasteiger partial charge in [0.1, 0.15) is 12.2 Å². The Hall–Kier alpha value is -1.23. The normalized spacial score (nSPS) is 16.8. The van der Waals surface area contributed by atoms with Crippen molar-refractivity contribution in [2.45, 2.75) is 45.8 Å². The van der Waals surface area contributed by atoms with Gasteiger partial charge in [0.15, 0.2) is 0 Å². The number of azo groups is 1. The second kappa shape index (κ2) is 5.91. The van der Waals surface area contributed by atoms with Gasteiger partial charge < -0.3 is 9.47 Å². The molecule has 5 nitrogen and oxygen atoms in total. The van der Waals surface area contributed by atoms with Crippen LogP contribution in [-0.2, 0) is 14.3 Å². The van der Waals surface area contributed by atoms with Crippen LogP contribution in [0.2, 0.25) is 0 Å². The van der Waals surface area contributed by atoms with Gasteiger partial charge in [-0.2, -0.15) is 10.2 Å². The molecule has 1 aliphatic rings. The van der Waals surface area contributed by atoms with E-state index >= 15 is 0 Å². The van der Waals surface area contributed by atoms with Gasteiger partial charge in [-0.25, -0.2) is 4.79 Å². The standard InChI is InChI=1S/C12H20N2O3/c1-9(5-10-6-13-14-7-10)16-8-11(15)17-12(2,3)4/h6,9H,5,7-8H2,1-4H3. The lowest BCUT2D eigenvalue weighted by Gasteiger charge is -2.20. The van der Waals surface area contributed by atoms with Gasteiger partial charge in [-0.15, -0.1) is 0 Å². The van der Waals surface area contributed by atoms with Gasteiger partial charge in [0, 0.05) is 0 Å². The van der Waals surface area contributed by atoms with Crippen LogP contribution in [0.5, 0.6) is 0 Å². The Labute approximate surface area is 102 Å². The third-order valence-corrected chi connectivity index (χ3v) is 2.05. The summed E-state index contributed by atoms with van der Waals surface area (Å²) >= 11 is 0. The van der Waals surface area contributed by atoms with Crippen molar-refractivity contribution in [3.05, 3.63) is 11.8 Å². The highest BCUT2D eigenvalue weighted by atomic mass is 16.6. The molecule has 0 aliphatic carbocycles. The zero-order valence-electron chi connectivity index (χ0n) is 10.9. The Balaban J connectivity index is 2.19. The first kappa shape index (κ1) is 13.8. The van der Waals surface area contributed by atoms with Gasteiger partial charge in [0.2, 0.25) is 0 Å². The summed E-state index contributed by atoms with van der Waals surface area (Å²) < 4.78 is 10.6. The molecule has 0 spiro atoms. The van der Waals surface area contributed by atoms with E-state index < -0.39 is 5.60 Å². The maximum absolute atomic E-state index is 11.4. The molecular formula is C12H20N2O3. The molecule has 0 saturated carbocycles. The van der Waals surface area contributed by atoms with Crippen LogP contribution in [-0.4, -0.2) is 30.8 Å². The molecule has 0 aromatic heterocycles. The molecule has 1 atom stereocenters. The summed E-state index contributed by atoms with van der Waals surface area (Å²) in [6, 6.07) is 0. The molecule has 0 aromatic rings. The quantitative estimate of drug-likeness (QED) is 0.693. The Bertz CT molecular complexity index is 329. The predicted octanol–water partition coefficient (Wildman–Crippen LogP) is 2.47. The van der Waals surface area contributed by atoms with Crippen molar-refractivity contribution >= 4 is 5.97 Å². The summed E-state index contributed by atoms with van der Waals surface area (Å²) in [6.07, 6.45) is 2.46. The fraction of sp³-hybridized carbons (Fsp3) is 0.750. The molecule has 17 heavy (non-hydrogen) atoms. The minimum atomic E-state index is -0.463. The molecule has 1 rings (SSSR count). The Morgan fingerprint density at radius 3 is 2.76 bits per heavy atom. The van der Waals surface area contributed by atoms with Gasteiger partial charge in [-0.1, -0.05) is 0 Å². The number of hydrogen-bond donors (Lipinski definition) is 0. The molecule has 0 radical (unpaired) electrons. The van der Waals surface area contributed by atoms with Gasteiger partial charge in [0.25, 0.3) is 0 Å². The molecule has 1 heterocycles. The van der Waals surface area contributed by atoms with Crippen LogP contribution >= 0.6 is 0 Å². The highest BCUT2D eigenvalue weighted by Gasteiger charge is 2.17. The largest absolute Gasteiger partial charge is 0.458 e. The highest BCUT2D eigenvalue weighted by molar-refractivity contribution is 5.71. The number of carbonyl (C=O) groups is 1. The van der Waals surface area contributed by atoms with Crippen molar-refractivity contribution < 1.29 is 14.3 Å². The summed E-state index contributed by atoms with van der Waals surface area (Å²) in [7, 11) is 0. The smallest absolute Gasteiger partial charge is 0.332 e. The fourth-order valence-corrected chi connectivity index (χ4v) is 1.42. The highest BCUT2D eigenvalue weighted by Crippen LogP contribution is 2.14. The third kappa shape index (κ3) is 6.16. The predicted molar refractivity (Wildman–Crippen MR) is 63.7 cm³/mol. The van der Waals surface area contributed by atoms with Gasteiger partial charge in [-0.3, -0.25) is 0 Å². The molecule has 0 saturated heterocycles. The number of carbonyl (C=O) groups excluding carboxylic acids is 1. The van der Waals surface area contributed by atoms with Crippen LogP contribution in [0.15, 0.2) is 22.0 Å². The SMILES string of the molecule is CC(CC1=CN=NC1)OCC(=O)OC(C)(C)C. The lowest BCUT2D eigenvalue weighted by molar-refractivity contribution is -0.161. The monoisotopic (exact) mass is 240 g/mol. The Kier molecular flexibility index (Phi) is 4.81. The summed E-state index contributed by atoms with van der Waals surface area (Å²) in [4.78, 5) is 11.4. The first-order valence-corrected chi connectivity index (χ1v) is 5.75. The zero-order chi connectivity index (χ0) is 12.9. The molecule has 0 amide bonds. The van der Waals surface area contributed by atoms with Crippen molar-refractivity contribution in [2.24, 2.45) is 10.2 Å². The van der Waals surface area contributed by atoms with Gasteiger partial charge in [0.05, 0.1) is 18.8 Å². The van der Waals surface area contributed by atoms with E-state index in [9.17, 15) is 4.79 Å². The van der Waals surface area contributed by atoms with E-state index in [1.807, 2.05) is 27.7 Å². The first-order chi connectivity index (χ1) is 7.87. The molecule has 96 valence electrons. The molecule has 0 fully saturated rings. The lowest BCUT2D eigenvalue weighted by Crippen LogP contribution is -2.27. The average molecular weight is 240 g/mol. The first-order valence-electron chi connectivity index (χ1n) is 5.75. The van der Waals surface area contributed by atoms with E-state index in [0.29, 0.717) is 6.54 Å². The number of rotatable bonds is 5. The molecular weight excluding hydrogens is 220 g/mol. The van der Waals surface area contributed by atoms with Gasteiger partial charge >= 0.3 is 5.97 Å². The topological polar surface area (TPSA) is 60.2 Å². The average Bonchev–Trinajstić information content (AvgIpc) is 2.64. The van der Waals surface area contributed by atoms with Crippen LogP contribution in [0.3, 0.4) is 0 Å². The number of esters is 1. The van der Waals surface area contributed by atoms with Crippen LogP contribution in [0.1, 0.15) is 34.1 Å². The zero-order valence-corrected chi connectivity index (χ0v) is 10.9. The van der Waals surface area contributed by atoms with E-state index in [1.165, 1.54) is 0 Å². The molecule has 1 aliphatic heterocycles. The van der Waals surface area contributed by atoms with Crippen LogP contribution in [0.4, 0.5) is 0 Å². The van der Waals surface area contributed by atoms with Crippen molar-refractivity contribution in [1.82, 2.24) is 0 Å². The fourth-order valence-electron chi connectivity index (χ4n) is 1.42. The van der Waals surface area contributed by atoms with Crippen molar-refractivity contribution in [3.8, 4) is 0 Å². The van der Waals surface area contributed by atoms with Crippen molar-refractivity contribution in [2.75, 3.05) is 13.2 Å². The Morgan fingerprint density at radius 2 is 2.24 bits per heavy atom. The number of nitrogens with zero attached hydrogens (tertiary/aromatic N) is 2. The van der Waals surface area contributed by atoms with E-state index in [-0.39, 0.29) is 18.7 Å². The lowest BCUT2D eigenvalue weighted by atomic mass is 10.1. The third-order valence-electron chi connectivity index (χ3n) is 2.05. The molecule has 1 unspecified atom stereocenters. The maximum Gasteiger partial charge on any atom is 0.332 e. The van der Waals surface area contributed by atoms with Crippen LogP contribution in [0.25, 0.3) is 0 Å². The van der Waals surface area contributed by atoms with E-state index in [0.717, 1.165) is 12.0 Å².